The smallest absolute Gasteiger partial charge is 0.254 e. The Morgan fingerprint density at radius 3 is 2.59 bits per heavy atom. The second-order valence-electron chi connectivity index (χ2n) is 7.39. The molecule has 0 unspecified atom stereocenters. The molecule has 3 aromatic carbocycles. The molecule has 5 nitrogen and oxygen atoms in total. The van der Waals surface area contributed by atoms with Gasteiger partial charge in [0.2, 0.25) is 11.7 Å². The van der Waals surface area contributed by atoms with Crippen molar-refractivity contribution in [2.75, 3.05) is 6.54 Å². The van der Waals surface area contributed by atoms with Gasteiger partial charge in [0.25, 0.3) is 5.91 Å². The third-order valence-electron chi connectivity index (χ3n) is 5.52. The lowest BCUT2D eigenvalue weighted by Gasteiger charge is -2.33. The van der Waals surface area contributed by atoms with Crippen molar-refractivity contribution in [3.05, 3.63) is 84.3 Å². The number of likely N-dealkylation sites (tertiary alicyclic amines) is 1. The molecule has 1 saturated heterocycles. The maximum absolute atomic E-state index is 13.3. The van der Waals surface area contributed by atoms with Crippen LogP contribution >= 0.6 is 0 Å². The Balaban J connectivity index is 1.45. The summed E-state index contributed by atoms with van der Waals surface area (Å²) in [5, 5.41) is 6.34. The zero-order chi connectivity index (χ0) is 19.6. The molecular weight excluding hydrogens is 362 g/mol. The molecule has 0 aliphatic carbocycles. The highest BCUT2D eigenvalue weighted by Gasteiger charge is 2.32. The highest BCUT2D eigenvalue weighted by atomic mass is 16.5. The summed E-state index contributed by atoms with van der Waals surface area (Å²) in [6.45, 7) is 0.694. The molecule has 1 aliphatic heterocycles. The third-order valence-corrected chi connectivity index (χ3v) is 5.52. The number of piperidine rings is 1. The third kappa shape index (κ3) is 3.40. The Hall–Kier alpha value is -3.47. The number of hydrogen-bond acceptors (Lipinski definition) is 4. The van der Waals surface area contributed by atoms with Crippen molar-refractivity contribution in [3.63, 3.8) is 0 Å². The van der Waals surface area contributed by atoms with Crippen LogP contribution in [-0.2, 0) is 0 Å². The fraction of sp³-hybridized carbons (Fsp3) is 0.208. The second kappa shape index (κ2) is 7.51. The maximum atomic E-state index is 13.3. The molecule has 29 heavy (non-hydrogen) atoms. The van der Waals surface area contributed by atoms with E-state index >= 15 is 0 Å². The van der Waals surface area contributed by atoms with Gasteiger partial charge in [-0.1, -0.05) is 65.8 Å². The highest BCUT2D eigenvalue weighted by molar-refractivity contribution is 5.98. The SMILES string of the molecule is O=C(c1ccc2ccccc2c1)N1CCCC[C@H]1c1nc(-c2ccccc2)no1. The number of carbonyl (C=O) groups excluding carboxylic acids is 1. The predicted molar refractivity (Wildman–Crippen MR) is 111 cm³/mol. The number of amides is 1. The summed E-state index contributed by atoms with van der Waals surface area (Å²) in [5.74, 6) is 1.09. The minimum atomic E-state index is -0.187. The van der Waals surface area contributed by atoms with Gasteiger partial charge in [-0.3, -0.25) is 4.79 Å². The van der Waals surface area contributed by atoms with E-state index in [1.807, 2.05) is 71.6 Å². The van der Waals surface area contributed by atoms with E-state index in [1.54, 1.807) is 0 Å². The summed E-state index contributed by atoms with van der Waals surface area (Å²) < 4.78 is 5.59. The Labute approximate surface area is 169 Å². The molecule has 0 radical (unpaired) electrons. The van der Waals surface area contributed by atoms with Crippen molar-refractivity contribution in [1.29, 1.82) is 0 Å². The first kappa shape index (κ1) is 17.6. The second-order valence-corrected chi connectivity index (χ2v) is 7.39. The zero-order valence-corrected chi connectivity index (χ0v) is 16.0. The van der Waals surface area contributed by atoms with E-state index in [0.29, 0.717) is 23.8 Å². The van der Waals surface area contributed by atoms with Gasteiger partial charge in [-0.25, -0.2) is 0 Å². The normalized spacial score (nSPS) is 16.8. The average Bonchev–Trinajstić information content (AvgIpc) is 3.29. The Morgan fingerprint density at radius 2 is 1.72 bits per heavy atom. The summed E-state index contributed by atoms with van der Waals surface area (Å²) >= 11 is 0. The van der Waals surface area contributed by atoms with Crippen LogP contribution in [0.2, 0.25) is 0 Å². The van der Waals surface area contributed by atoms with E-state index in [0.717, 1.165) is 35.6 Å². The standard InChI is InChI=1S/C24H21N3O2/c28-24(20-14-13-17-8-4-5-11-19(17)16-20)27-15-7-6-12-21(27)23-25-22(26-29-23)18-9-2-1-3-10-18/h1-5,8-11,13-14,16,21H,6-7,12,15H2/t21-/m0/s1. The van der Waals surface area contributed by atoms with E-state index in [4.69, 9.17) is 4.52 Å². The van der Waals surface area contributed by atoms with Crippen molar-refractivity contribution < 1.29 is 9.32 Å². The number of nitrogens with zero attached hydrogens (tertiary/aromatic N) is 3. The van der Waals surface area contributed by atoms with Gasteiger partial charge in [0.05, 0.1) is 0 Å². The van der Waals surface area contributed by atoms with Crippen LogP contribution in [-0.4, -0.2) is 27.5 Å². The van der Waals surface area contributed by atoms with Crippen LogP contribution in [0.5, 0.6) is 0 Å². The largest absolute Gasteiger partial charge is 0.337 e. The first-order chi connectivity index (χ1) is 14.3. The molecule has 1 fully saturated rings. The van der Waals surface area contributed by atoms with Crippen LogP contribution in [0.1, 0.15) is 41.6 Å². The number of aromatic nitrogens is 2. The molecule has 0 N–H and O–H groups in total. The highest BCUT2D eigenvalue weighted by Crippen LogP contribution is 2.32. The van der Waals surface area contributed by atoms with Crippen molar-refractivity contribution in [3.8, 4) is 11.4 Å². The number of carbonyl (C=O) groups is 1. The monoisotopic (exact) mass is 383 g/mol. The van der Waals surface area contributed by atoms with Gasteiger partial charge in [-0.15, -0.1) is 0 Å². The lowest BCUT2D eigenvalue weighted by Crippen LogP contribution is -2.38. The van der Waals surface area contributed by atoms with Crippen molar-refractivity contribution in [2.45, 2.75) is 25.3 Å². The Bertz CT molecular complexity index is 1150. The summed E-state index contributed by atoms with van der Waals surface area (Å²) in [5.41, 5.74) is 1.60. The van der Waals surface area contributed by atoms with Crippen LogP contribution in [0.25, 0.3) is 22.2 Å². The van der Waals surface area contributed by atoms with Gasteiger partial charge >= 0.3 is 0 Å². The molecule has 1 aromatic heterocycles. The first-order valence-corrected chi connectivity index (χ1v) is 9.98. The van der Waals surface area contributed by atoms with Crippen LogP contribution in [0, 0.1) is 0 Å². The Morgan fingerprint density at radius 1 is 0.931 bits per heavy atom. The van der Waals surface area contributed by atoms with Crippen molar-refractivity contribution >= 4 is 16.7 Å². The molecule has 1 amide bonds. The van der Waals surface area contributed by atoms with E-state index < -0.39 is 0 Å². The molecule has 1 aliphatic rings. The number of hydrogen-bond donors (Lipinski definition) is 0. The minimum absolute atomic E-state index is 0.0138. The quantitative estimate of drug-likeness (QED) is 0.484. The molecule has 5 heteroatoms. The van der Waals surface area contributed by atoms with E-state index in [-0.39, 0.29) is 11.9 Å². The summed E-state index contributed by atoms with van der Waals surface area (Å²) in [6, 6.07) is 23.5. The van der Waals surface area contributed by atoms with Crippen LogP contribution in [0.4, 0.5) is 0 Å². The molecule has 144 valence electrons. The summed E-state index contributed by atoms with van der Waals surface area (Å²) in [7, 11) is 0. The maximum Gasteiger partial charge on any atom is 0.254 e. The fourth-order valence-electron chi connectivity index (χ4n) is 3.99. The Kier molecular flexibility index (Phi) is 4.56. The summed E-state index contributed by atoms with van der Waals surface area (Å²) in [4.78, 5) is 19.8. The lowest BCUT2D eigenvalue weighted by atomic mass is 9.99. The molecule has 4 aromatic rings. The lowest BCUT2D eigenvalue weighted by molar-refractivity contribution is 0.0561. The number of fused-ring (bicyclic) bond motifs is 1. The molecule has 0 bridgehead atoms. The molecule has 0 saturated carbocycles. The summed E-state index contributed by atoms with van der Waals surface area (Å²) in [6.07, 6.45) is 2.85. The van der Waals surface area contributed by atoms with Gasteiger partial charge < -0.3 is 9.42 Å². The van der Waals surface area contributed by atoms with Gasteiger partial charge in [-0.2, -0.15) is 4.98 Å². The molecular formula is C24H21N3O2. The van der Waals surface area contributed by atoms with Crippen molar-refractivity contribution in [2.24, 2.45) is 0 Å². The number of rotatable bonds is 3. The van der Waals surface area contributed by atoms with E-state index in [2.05, 4.69) is 16.2 Å². The van der Waals surface area contributed by atoms with Crippen LogP contribution < -0.4 is 0 Å². The van der Waals surface area contributed by atoms with Gasteiger partial charge in [0.1, 0.15) is 6.04 Å². The van der Waals surface area contributed by atoms with Crippen LogP contribution in [0.15, 0.2) is 77.3 Å². The van der Waals surface area contributed by atoms with E-state index in [9.17, 15) is 4.79 Å². The number of benzene rings is 3. The molecule has 0 spiro atoms. The topological polar surface area (TPSA) is 59.2 Å². The molecule has 5 rings (SSSR count). The molecule has 1 atom stereocenters. The van der Waals surface area contributed by atoms with Crippen LogP contribution in [0.3, 0.4) is 0 Å². The average molecular weight is 383 g/mol. The van der Waals surface area contributed by atoms with Gasteiger partial charge in [-0.05, 0) is 42.2 Å². The van der Waals surface area contributed by atoms with Gasteiger partial charge in [0.15, 0.2) is 0 Å². The zero-order valence-electron chi connectivity index (χ0n) is 16.0. The van der Waals surface area contributed by atoms with Gasteiger partial charge in [0, 0.05) is 17.7 Å². The predicted octanol–water partition coefficient (Wildman–Crippen LogP) is 5.26. The fourth-order valence-corrected chi connectivity index (χ4v) is 3.99. The first-order valence-electron chi connectivity index (χ1n) is 9.98. The van der Waals surface area contributed by atoms with E-state index in [1.165, 1.54) is 0 Å². The minimum Gasteiger partial charge on any atom is -0.337 e. The van der Waals surface area contributed by atoms with Crippen molar-refractivity contribution in [1.82, 2.24) is 15.0 Å². The molecule has 2 heterocycles.